The third-order valence-corrected chi connectivity index (χ3v) is 14.2. The molecule has 4 N–H and O–H groups in total. The molecule has 1 aliphatic rings. The maximum absolute atomic E-state index is 6.17. The van der Waals surface area contributed by atoms with Crippen LogP contribution >= 0.6 is 0 Å². The predicted octanol–water partition coefficient (Wildman–Crippen LogP) is 17.8. The molecule has 2 nitrogen and oxygen atoms in total. The summed E-state index contributed by atoms with van der Waals surface area (Å²) in [6.07, 6.45) is 38.0. The standard InChI is InChI=1S/C58H86N2/c1-3-5-7-9-11-13-15-17-22-28-56(52-39-43-54(59)44-40-52)48-31-35-50(36-32-48)58(30-24-27-47-25-20-19-21-26-47)51-37-33-49(34-38-51)57(53-41-45-55(60)46-42-53)29-23-18-16-14-12-10-8-6-4-2/h31-47,56-58H,3-30,59-60H2,1-2H3. The maximum atomic E-state index is 6.17. The van der Waals surface area contributed by atoms with Crippen molar-refractivity contribution in [2.45, 2.75) is 211 Å². The minimum atomic E-state index is 0.407. The molecule has 1 fully saturated rings. The number of hydrogen-bond donors (Lipinski definition) is 2. The van der Waals surface area contributed by atoms with Crippen LogP contribution in [0.1, 0.15) is 245 Å². The fourth-order valence-corrected chi connectivity index (χ4v) is 10.4. The topological polar surface area (TPSA) is 52.0 Å². The summed E-state index contributed by atoms with van der Waals surface area (Å²) in [5.41, 5.74) is 22.7. The average molecular weight is 811 g/mol. The first kappa shape index (κ1) is 47.5. The van der Waals surface area contributed by atoms with Crippen molar-refractivity contribution in [1.82, 2.24) is 0 Å². The Hall–Kier alpha value is -3.52. The summed E-state index contributed by atoms with van der Waals surface area (Å²) in [4.78, 5) is 0. The Balaban J connectivity index is 1.29. The molecule has 2 unspecified atom stereocenters. The normalized spacial score (nSPS) is 14.9. The molecule has 4 aromatic carbocycles. The number of benzene rings is 4. The third-order valence-electron chi connectivity index (χ3n) is 14.2. The number of unbranched alkanes of at least 4 members (excludes halogenated alkanes) is 16. The molecule has 4 aromatic rings. The fourth-order valence-electron chi connectivity index (χ4n) is 10.4. The summed E-state index contributed by atoms with van der Waals surface area (Å²) in [6.45, 7) is 4.61. The zero-order valence-corrected chi connectivity index (χ0v) is 38.5. The van der Waals surface area contributed by atoms with Crippen molar-refractivity contribution < 1.29 is 0 Å². The number of anilines is 2. The maximum Gasteiger partial charge on any atom is 0.0314 e. The van der Waals surface area contributed by atoms with Crippen molar-refractivity contribution in [3.8, 4) is 0 Å². The third kappa shape index (κ3) is 16.7. The molecule has 328 valence electrons. The molecule has 0 aliphatic heterocycles. The van der Waals surface area contributed by atoms with Crippen LogP contribution in [0.15, 0.2) is 97.1 Å². The molecule has 0 bridgehead atoms. The van der Waals surface area contributed by atoms with Gasteiger partial charge >= 0.3 is 0 Å². The lowest BCUT2D eigenvalue weighted by Crippen LogP contribution is -2.08. The summed E-state index contributed by atoms with van der Waals surface area (Å²) in [6, 6.07) is 37.2. The zero-order valence-electron chi connectivity index (χ0n) is 38.5. The highest BCUT2D eigenvalue weighted by molar-refractivity contribution is 5.45. The van der Waals surface area contributed by atoms with Crippen LogP contribution in [-0.4, -0.2) is 0 Å². The van der Waals surface area contributed by atoms with E-state index in [0.717, 1.165) is 17.3 Å². The zero-order chi connectivity index (χ0) is 42.0. The molecule has 0 spiro atoms. The van der Waals surface area contributed by atoms with Crippen LogP contribution in [0.25, 0.3) is 0 Å². The lowest BCUT2D eigenvalue weighted by atomic mass is 9.80. The first-order valence-electron chi connectivity index (χ1n) is 25.5. The first-order chi connectivity index (χ1) is 29.6. The molecule has 2 heteroatoms. The van der Waals surface area contributed by atoms with E-state index in [-0.39, 0.29) is 0 Å². The summed E-state index contributed by atoms with van der Waals surface area (Å²) in [7, 11) is 0. The van der Waals surface area contributed by atoms with Crippen molar-refractivity contribution >= 4 is 11.4 Å². The van der Waals surface area contributed by atoms with Gasteiger partial charge in [0.2, 0.25) is 0 Å². The molecular weight excluding hydrogens is 725 g/mol. The van der Waals surface area contributed by atoms with E-state index >= 15 is 0 Å². The summed E-state index contributed by atoms with van der Waals surface area (Å²) in [5.74, 6) is 2.15. The Labute approximate surface area is 369 Å². The van der Waals surface area contributed by atoms with E-state index in [0.29, 0.717) is 17.8 Å². The van der Waals surface area contributed by atoms with E-state index in [1.807, 2.05) is 0 Å². The summed E-state index contributed by atoms with van der Waals surface area (Å²) in [5, 5.41) is 0. The van der Waals surface area contributed by atoms with Crippen LogP contribution in [0, 0.1) is 5.92 Å². The van der Waals surface area contributed by atoms with E-state index < -0.39 is 0 Å². The SMILES string of the molecule is CCCCCCCCCCCC(c1ccc(N)cc1)c1ccc(C(CCCC2CCCCC2)c2ccc(C(CCCCCCCCCCC)c3ccc(N)cc3)cc2)cc1. The van der Waals surface area contributed by atoms with Gasteiger partial charge in [-0.1, -0.05) is 247 Å². The van der Waals surface area contributed by atoms with Crippen LogP contribution in [0.4, 0.5) is 11.4 Å². The van der Waals surface area contributed by atoms with E-state index in [4.69, 9.17) is 11.5 Å². The van der Waals surface area contributed by atoms with Crippen molar-refractivity contribution in [3.05, 3.63) is 130 Å². The molecule has 0 aromatic heterocycles. The van der Waals surface area contributed by atoms with Gasteiger partial charge in [-0.05, 0) is 82.8 Å². The lowest BCUT2D eigenvalue weighted by Gasteiger charge is -2.25. The second kappa shape index (κ2) is 28.2. The molecule has 0 amide bonds. The van der Waals surface area contributed by atoms with Crippen LogP contribution in [0.2, 0.25) is 0 Å². The number of nitrogens with two attached hydrogens (primary N) is 2. The minimum Gasteiger partial charge on any atom is -0.399 e. The number of nitrogen functional groups attached to an aromatic ring is 2. The molecular formula is C58H86N2. The van der Waals surface area contributed by atoms with Gasteiger partial charge in [-0.2, -0.15) is 0 Å². The average Bonchev–Trinajstić information content (AvgIpc) is 3.28. The quantitative estimate of drug-likeness (QED) is 0.0407. The Kier molecular flexibility index (Phi) is 22.3. The Morgan fingerprint density at radius 3 is 0.933 bits per heavy atom. The van der Waals surface area contributed by atoms with Gasteiger partial charge in [-0.3, -0.25) is 0 Å². The van der Waals surface area contributed by atoms with Gasteiger partial charge in [0.05, 0.1) is 0 Å². The molecule has 2 atom stereocenters. The summed E-state index contributed by atoms with van der Waals surface area (Å²) < 4.78 is 0. The second-order valence-electron chi connectivity index (χ2n) is 19.0. The monoisotopic (exact) mass is 811 g/mol. The number of rotatable bonds is 30. The molecule has 5 rings (SSSR count). The highest BCUT2D eigenvalue weighted by atomic mass is 14.5. The molecule has 1 saturated carbocycles. The van der Waals surface area contributed by atoms with E-state index in [2.05, 4.69) is 111 Å². The highest BCUT2D eigenvalue weighted by Gasteiger charge is 2.21. The van der Waals surface area contributed by atoms with E-state index in [9.17, 15) is 0 Å². The van der Waals surface area contributed by atoms with Gasteiger partial charge in [0.1, 0.15) is 0 Å². The minimum absolute atomic E-state index is 0.407. The van der Waals surface area contributed by atoms with Crippen LogP contribution in [-0.2, 0) is 0 Å². The van der Waals surface area contributed by atoms with Crippen LogP contribution < -0.4 is 11.5 Å². The van der Waals surface area contributed by atoms with Gasteiger partial charge < -0.3 is 11.5 Å². The molecule has 1 aliphatic carbocycles. The predicted molar refractivity (Wildman–Crippen MR) is 264 cm³/mol. The Bertz CT molecular complexity index is 1530. The Morgan fingerprint density at radius 1 is 0.350 bits per heavy atom. The van der Waals surface area contributed by atoms with Gasteiger partial charge in [0, 0.05) is 29.1 Å². The first-order valence-corrected chi connectivity index (χ1v) is 25.5. The fraction of sp³-hybridized carbons (Fsp3) is 0.586. The van der Waals surface area contributed by atoms with Crippen molar-refractivity contribution in [2.24, 2.45) is 5.92 Å². The van der Waals surface area contributed by atoms with E-state index in [1.54, 1.807) is 0 Å². The smallest absolute Gasteiger partial charge is 0.0314 e. The molecule has 0 radical (unpaired) electrons. The van der Waals surface area contributed by atoms with Crippen molar-refractivity contribution in [3.63, 3.8) is 0 Å². The largest absolute Gasteiger partial charge is 0.399 e. The molecule has 60 heavy (non-hydrogen) atoms. The van der Waals surface area contributed by atoms with E-state index in [1.165, 1.54) is 213 Å². The van der Waals surface area contributed by atoms with Gasteiger partial charge in [-0.15, -0.1) is 0 Å². The van der Waals surface area contributed by atoms with Crippen molar-refractivity contribution in [1.29, 1.82) is 0 Å². The lowest BCUT2D eigenvalue weighted by molar-refractivity contribution is 0.328. The van der Waals surface area contributed by atoms with Crippen LogP contribution in [0.3, 0.4) is 0 Å². The number of hydrogen-bond acceptors (Lipinski definition) is 2. The highest BCUT2D eigenvalue weighted by Crippen LogP contribution is 2.38. The Morgan fingerprint density at radius 2 is 0.617 bits per heavy atom. The van der Waals surface area contributed by atoms with Crippen LogP contribution in [0.5, 0.6) is 0 Å². The van der Waals surface area contributed by atoms with Gasteiger partial charge in [-0.25, -0.2) is 0 Å². The molecule has 0 heterocycles. The summed E-state index contributed by atoms with van der Waals surface area (Å²) >= 11 is 0. The van der Waals surface area contributed by atoms with Crippen molar-refractivity contribution in [2.75, 3.05) is 11.5 Å². The van der Waals surface area contributed by atoms with Gasteiger partial charge in [0.25, 0.3) is 0 Å². The molecule has 0 saturated heterocycles. The van der Waals surface area contributed by atoms with Gasteiger partial charge in [0.15, 0.2) is 0 Å². The second-order valence-corrected chi connectivity index (χ2v) is 19.0.